The van der Waals surface area contributed by atoms with Gasteiger partial charge in [-0.2, -0.15) is 0 Å². The van der Waals surface area contributed by atoms with E-state index in [1.807, 2.05) is 6.92 Å². The van der Waals surface area contributed by atoms with Crippen LogP contribution in [-0.2, 0) is 38.0 Å². The molecule has 0 radical (unpaired) electrons. The summed E-state index contributed by atoms with van der Waals surface area (Å²) in [6.45, 7) is 2.41. The number of aliphatic hydroxyl groups is 7. The van der Waals surface area contributed by atoms with Crippen LogP contribution in [0.25, 0.3) is 0 Å². The lowest BCUT2D eigenvalue weighted by Crippen LogP contribution is -2.61. The first-order valence-electron chi connectivity index (χ1n) is 23.1. The number of ether oxygens (including phenoxy) is 6. The predicted molar refractivity (Wildman–Crippen MR) is 220 cm³/mol. The highest BCUT2D eigenvalue weighted by Crippen LogP contribution is 2.26. The fraction of sp³-hybridized carbons (Fsp3) is 0.955. The molecule has 15 heteroatoms. The Balaban J connectivity index is 1.70. The highest BCUT2D eigenvalue weighted by Gasteiger charge is 2.47. The van der Waals surface area contributed by atoms with Gasteiger partial charge in [0, 0.05) is 12.8 Å². The topological polar surface area (TPSA) is 231 Å². The fourth-order valence-corrected chi connectivity index (χ4v) is 7.45. The molecule has 7 N–H and O–H groups in total. The van der Waals surface area contributed by atoms with E-state index in [9.17, 15) is 45.3 Å². The molecule has 0 spiro atoms. The molecule has 2 heterocycles. The van der Waals surface area contributed by atoms with Gasteiger partial charge in [-0.05, 0) is 12.8 Å². The zero-order valence-electron chi connectivity index (χ0n) is 36.3. The highest BCUT2D eigenvalue weighted by atomic mass is 16.7. The second-order valence-electron chi connectivity index (χ2n) is 16.6. The first kappa shape index (κ1) is 53.6. The molecule has 15 nitrogen and oxygen atoms in total. The first-order valence-corrected chi connectivity index (χ1v) is 23.1. The van der Waals surface area contributed by atoms with Crippen LogP contribution in [0.15, 0.2) is 0 Å². The Bertz CT molecular complexity index is 1050. The molecule has 0 bridgehead atoms. The molecule has 2 fully saturated rings. The number of carbonyl (C=O) groups excluding carboxylic acids is 2. The summed E-state index contributed by atoms with van der Waals surface area (Å²) >= 11 is 0. The molecule has 2 rings (SSSR count). The molecular weight excluding hydrogens is 768 g/mol. The summed E-state index contributed by atoms with van der Waals surface area (Å²) in [6.07, 6.45) is 11.1. The van der Waals surface area contributed by atoms with Crippen LogP contribution < -0.4 is 0 Å². The van der Waals surface area contributed by atoms with Gasteiger partial charge in [-0.15, -0.1) is 0 Å². The summed E-state index contributed by atoms with van der Waals surface area (Å²) in [7, 11) is 0. The minimum absolute atomic E-state index is 0.171. The number of esters is 2. The standard InChI is InChI=1S/C44H82O15/c1-3-5-7-8-9-10-11-12-13-14-15-16-17-18-19-20-21-22-23-25-27-36(47)57-32(29-54-35(46)26-24-6-4-2)30-55-43-42(53)40(51)38(49)34(59-43)31-56-44-41(52)39(50)37(48)33(28-45)58-44/h32-34,37-45,48-53H,3-31H2,1-2H3. The summed E-state index contributed by atoms with van der Waals surface area (Å²) in [6, 6.07) is 0. The van der Waals surface area contributed by atoms with Gasteiger partial charge in [0.15, 0.2) is 18.7 Å². The number of aliphatic hydroxyl groups excluding tert-OH is 7. The molecule has 2 aliphatic heterocycles. The number of carbonyl (C=O) groups is 2. The normalized spacial score (nSPS) is 27.7. The van der Waals surface area contributed by atoms with Crippen LogP contribution in [0, 0.1) is 0 Å². The van der Waals surface area contributed by atoms with Gasteiger partial charge < -0.3 is 64.2 Å². The zero-order valence-corrected chi connectivity index (χ0v) is 36.3. The van der Waals surface area contributed by atoms with Gasteiger partial charge in [0.1, 0.15) is 55.4 Å². The maximum Gasteiger partial charge on any atom is 0.306 e. The van der Waals surface area contributed by atoms with E-state index < -0.39 is 92.7 Å². The number of hydrogen-bond acceptors (Lipinski definition) is 15. The molecule has 0 aromatic carbocycles. The van der Waals surface area contributed by atoms with Gasteiger partial charge in [0.25, 0.3) is 0 Å². The first-order chi connectivity index (χ1) is 28.5. The Hall–Kier alpha value is -1.50. The molecule has 0 amide bonds. The summed E-state index contributed by atoms with van der Waals surface area (Å²) in [4.78, 5) is 25.2. The summed E-state index contributed by atoms with van der Waals surface area (Å²) in [5.74, 6) is -0.944. The van der Waals surface area contributed by atoms with E-state index in [1.54, 1.807) is 0 Å². The number of hydrogen-bond donors (Lipinski definition) is 7. The summed E-state index contributed by atoms with van der Waals surface area (Å²) in [5, 5.41) is 71.5. The fourth-order valence-electron chi connectivity index (χ4n) is 7.45. The van der Waals surface area contributed by atoms with Crippen LogP contribution in [-0.4, -0.2) is 142 Å². The largest absolute Gasteiger partial charge is 0.462 e. The second kappa shape index (κ2) is 33.1. The molecule has 59 heavy (non-hydrogen) atoms. The van der Waals surface area contributed by atoms with Crippen LogP contribution in [0.4, 0.5) is 0 Å². The number of rotatable bonds is 35. The Labute approximate surface area is 353 Å². The molecular formula is C44H82O15. The third-order valence-electron chi connectivity index (χ3n) is 11.3. The van der Waals surface area contributed by atoms with Gasteiger partial charge in [-0.25, -0.2) is 0 Å². The predicted octanol–water partition coefficient (Wildman–Crippen LogP) is 4.87. The SMILES string of the molecule is CCCCCCCCCCCCCCCCCCCCCCC(=O)OC(COC(=O)CCCCC)COC1OC(COC2OC(CO)C(O)C(O)C2O)C(O)C(O)C1O. The van der Waals surface area contributed by atoms with Gasteiger partial charge in [-0.1, -0.05) is 149 Å². The van der Waals surface area contributed by atoms with Crippen molar-refractivity contribution >= 4 is 11.9 Å². The summed E-state index contributed by atoms with van der Waals surface area (Å²) < 4.78 is 33.2. The van der Waals surface area contributed by atoms with Crippen molar-refractivity contribution in [2.24, 2.45) is 0 Å². The van der Waals surface area contributed by atoms with Crippen molar-refractivity contribution in [3.05, 3.63) is 0 Å². The maximum atomic E-state index is 12.8. The molecule has 2 aliphatic rings. The van der Waals surface area contributed by atoms with Crippen molar-refractivity contribution in [2.75, 3.05) is 26.4 Å². The average Bonchev–Trinajstić information content (AvgIpc) is 3.23. The van der Waals surface area contributed by atoms with Gasteiger partial charge in [0.2, 0.25) is 0 Å². The van der Waals surface area contributed by atoms with Crippen LogP contribution in [0.1, 0.15) is 174 Å². The molecule has 0 aromatic rings. The number of unbranched alkanes of at least 4 members (excludes halogenated alkanes) is 21. The molecule has 11 atom stereocenters. The van der Waals surface area contributed by atoms with E-state index in [0.717, 1.165) is 32.1 Å². The van der Waals surface area contributed by atoms with Crippen molar-refractivity contribution in [1.29, 1.82) is 0 Å². The van der Waals surface area contributed by atoms with Gasteiger partial charge in [-0.3, -0.25) is 9.59 Å². The Morgan fingerprint density at radius 1 is 0.475 bits per heavy atom. The quantitative estimate of drug-likeness (QED) is 0.0333. The molecule has 0 aromatic heterocycles. The van der Waals surface area contributed by atoms with E-state index in [1.165, 1.54) is 103 Å². The smallest absolute Gasteiger partial charge is 0.306 e. The Morgan fingerprint density at radius 2 is 0.864 bits per heavy atom. The molecule has 2 saturated heterocycles. The zero-order chi connectivity index (χ0) is 43.3. The van der Waals surface area contributed by atoms with E-state index >= 15 is 0 Å². The van der Waals surface area contributed by atoms with Crippen molar-refractivity contribution in [2.45, 2.75) is 242 Å². The lowest BCUT2D eigenvalue weighted by molar-refractivity contribution is -0.332. The average molecular weight is 851 g/mol. The third kappa shape index (κ3) is 22.4. The van der Waals surface area contributed by atoms with E-state index in [4.69, 9.17) is 28.4 Å². The van der Waals surface area contributed by atoms with Crippen molar-refractivity contribution < 1.29 is 73.8 Å². The Morgan fingerprint density at radius 3 is 1.36 bits per heavy atom. The lowest BCUT2D eigenvalue weighted by Gasteiger charge is -2.42. The van der Waals surface area contributed by atoms with E-state index in [-0.39, 0.29) is 26.1 Å². The van der Waals surface area contributed by atoms with Crippen LogP contribution >= 0.6 is 0 Å². The molecule has 348 valence electrons. The van der Waals surface area contributed by atoms with Gasteiger partial charge >= 0.3 is 11.9 Å². The van der Waals surface area contributed by atoms with E-state index in [2.05, 4.69) is 6.92 Å². The summed E-state index contributed by atoms with van der Waals surface area (Å²) in [5.41, 5.74) is 0. The molecule has 11 unspecified atom stereocenters. The lowest BCUT2D eigenvalue weighted by atomic mass is 9.98. The second-order valence-corrected chi connectivity index (χ2v) is 16.6. The minimum atomic E-state index is -1.76. The van der Waals surface area contributed by atoms with Crippen molar-refractivity contribution in [1.82, 2.24) is 0 Å². The van der Waals surface area contributed by atoms with Crippen LogP contribution in [0.2, 0.25) is 0 Å². The minimum Gasteiger partial charge on any atom is -0.462 e. The Kier molecular flexibility index (Phi) is 30.1. The van der Waals surface area contributed by atoms with Gasteiger partial charge in [0.05, 0.1) is 19.8 Å². The third-order valence-corrected chi connectivity index (χ3v) is 11.3. The van der Waals surface area contributed by atoms with Crippen molar-refractivity contribution in [3.8, 4) is 0 Å². The van der Waals surface area contributed by atoms with Crippen LogP contribution in [0.3, 0.4) is 0 Å². The molecule has 0 aliphatic carbocycles. The van der Waals surface area contributed by atoms with Crippen molar-refractivity contribution in [3.63, 3.8) is 0 Å². The monoisotopic (exact) mass is 851 g/mol. The maximum absolute atomic E-state index is 12.8. The molecule has 0 saturated carbocycles. The highest BCUT2D eigenvalue weighted by molar-refractivity contribution is 5.70. The van der Waals surface area contributed by atoms with E-state index in [0.29, 0.717) is 12.8 Å². The van der Waals surface area contributed by atoms with Crippen LogP contribution in [0.5, 0.6) is 0 Å².